The second-order valence-corrected chi connectivity index (χ2v) is 8.93. The Labute approximate surface area is 206 Å². The van der Waals surface area contributed by atoms with E-state index in [4.69, 9.17) is 9.47 Å². The number of anilines is 2. The lowest BCUT2D eigenvalue weighted by atomic mass is 9.85. The zero-order valence-corrected chi connectivity index (χ0v) is 20.3. The van der Waals surface area contributed by atoms with Crippen molar-refractivity contribution in [1.82, 2.24) is 19.9 Å². The van der Waals surface area contributed by atoms with Gasteiger partial charge in [-0.25, -0.2) is 15.0 Å². The molecule has 0 bridgehead atoms. The number of pyridine rings is 2. The fraction of sp³-hybridized carbons (Fsp3) is 0.308. The molecule has 0 fully saturated rings. The summed E-state index contributed by atoms with van der Waals surface area (Å²) in [5.41, 5.74) is 1.65. The van der Waals surface area contributed by atoms with Crippen molar-refractivity contribution in [3.05, 3.63) is 71.8 Å². The minimum absolute atomic E-state index is 0.121. The molecule has 4 aromatic rings. The van der Waals surface area contributed by atoms with Crippen LogP contribution in [0.1, 0.15) is 30.8 Å². The predicted octanol–water partition coefficient (Wildman–Crippen LogP) is 5.92. The molecule has 0 aliphatic rings. The van der Waals surface area contributed by atoms with Crippen LogP contribution in [-0.2, 0) is 27.7 Å². The second-order valence-electron chi connectivity index (χ2n) is 8.93. The van der Waals surface area contributed by atoms with Gasteiger partial charge >= 0.3 is 6.18 Å². The van der Waals surface area contributed by atoms with Crippen LogP contribution in [0.25, 0.3) is 22.3 Å². The molecule has 0 saturated heterocycles. The molecule has 36 heavy (non-hydrogen) atoms. The Kier molecular flexibility index (Phi) is 7.18. The van der Waals surface area contributed by atoms with Crippen molar-refractivity contribution in [3.63, 3.8) is 0 Å². The minimum Gasteiger partial charge on any atom is -0.384 e. The van der Waals surface area contributed by atoms with E-state index in [9.17, 15) is 13.2 Å². The van der Waals surface area contributed by atoms with Crippen LogP contribution in [0.5, 0.6) is 0 Å². The Balaban J connectivity index is 1.74. The number of rotatable bonds is 8. The molecule has 1 aromatic carbocycles. The van der Waals surface area contributed by atoms with E-state index in [1.165, 1.54) is 31.6 Å². The Morgan fingerprint density at radius 2 is 1.69 bits per heavy atom. The van der Waals surface area contributed by atoms with E-state index in [0.717, 1.165) is 17.3 Å². The van der Waals surface area contributed by atoms with Gasteiger partial charge in [0.1, 0.15) is 12.1 Å². The first-order valence-corrected chi connectivity index (χ1v) is 11.2. The third kappa shape index (κ3) is 5.44. The second kappa shape index (κ2) is 10.2. The summed E-state index contributed by atoms with van der Waals surface area (Å²) >= 11 is 0. The number of nitrogens with one attached hydrogen (secondary N) is 1. The third-order valence-corrected chi connectivity index (χ3v) is 5.68. The van der Waals surface area contributed by atoms with Crippen molar-refractivity contribution >= 4 is 22.5 Å². The van der Waals surface area contributed by atoms with Gasteiger partial charge in [-0.3, -0.25) is 4.98 Å². The predicted molar refractivity (Wildman–Crippen MR) is 131 cm³/mol. The van der Waals surface area contributed by atoms with Gasteiger partial charge in [-0.15, -0.1) is 0 Å². The number of methoxy groups -OCH3 is 2. The van der Waals surface area contributed by atoms with Crippen LogP contribution < -0.4 is 5.32 Å². The van der Waals surface area contributed by atoms with Crippen molar-refractivity contribution in [3.8, 4) is 11.3 Å². The molecule has 0 aliphatic heterocycles. The minimum atomic E-state index is -4.55. The number of alkyl halides is 3. The fourth-order valence-electron chi connectivity index (χ4n) is 3.93. The molecule has 0 unspecified atom stereocenters. The highest BCUT2D eigenvalue weighted by atomic mass is 19.4. The first kappa shape index (κ1) is 25.5. The van der Waals surface area contributed by atoms with Crippen molar-refractivity contribution in [2.24, 2.45) is 0 Å². The molecule has 188 valence electrons. The largest absolute Gasteiger partial charge is 0.418 e. The van der Waals surface area contributed by atoms with E-state index in [-0.39, 0.29) is 23.3 Å². The first-order valence-electron chi connectivity index (χ1n) is 11.2. The van der Waals surface area contributed by atoms with E-state index in [2.05, 4.69) is 39.1 Å². The third-order valence-electron chi connectivity index (χ3n) is 5.68. The van der Waals surface area contributed by atoms with Crippen molar-refractivity contribution in [2.45, 2.75) is 32.0 Å². The molecule has 3 aromatic heterocycles. The Morgan fingerprint density at radius 1 is 0.944 bits per heavy atom. The molecule has 3 heterocycles. The Bertz CT molecular complexity index is 1360. The summed E-state index contributed by atoms with van der Waals surface area (Å²) in [4.78, 5) is 17.3. The summed E-state index contributed by atoms with van der Waals surface area (Å²) in [5, 5.41) is 3.26. The zero-order valence-electron chi connectivity index (χ0n) is 20.3. The quantitative estimate of drug-likeness (QED) is 0.324. The molecule has 10 heteroatoms. The van der Waals surface area contributed by atoms with Crippen LogP contribution in [0.15, 0.2) is 54.9 Å². The van der Waals surface area contributed by atoms with Crippen LogP contribution in [0.2, 0.25) is 0 Å². The number of halogens is 3. The molecule has 0 amide bonds. The van der Waals surface area contributed by atoms with Gasteiger partial charge in [-0.1, -0.05) is 26.0 Å². The number of aromatic nitrogens is 4. The lowest BCUT2D eigenvalue weighted by Gasteiger charge is -2.24. The maximum absolute atomic E-state index is 13.5. The maximum Gasteiger partial charge on any atom is 0.418 e. The number of nitrogens with zero attached hydrogens (tertiary/aromatic N) is 4. The molecule has 4 rings (SSSR count). The van der Waals surface area contributed by atoms with Gasteiger partial charge in [-0.05, 0) is 35.9 Å². The van der Waals surface area contributed by atoms with Crippen LogP contribution in [0, 0.1) is 0 Å². The van der Waals surface area contributed by atoms with E-state index in [0.29, 0.717) is 29.3 Å². The summed E-state index contributed by atoms with van der Waals surface area (Å²) < 4.78 is 51.1. The van der Waals surface area contributed by atoms with Gasteiger partial charge in [0.25, 0.3) is 0 Å². The highest BCUT2D eigenvalue weighted by Gasteiger charge is 2.34. The SMILES string of the molecule is COCc1nc(Nc2ccc(C(C)(C)COC)cc2)c2ncc(-c3ncccc3C(F)(F)F)cc2n1. The Morgan fingerprint density at radius 3 is 2.36 bits per heavy atom. The van der Waals surface area contributed by atoms with Crippen molar-refractivity contribution < 1.29 is 22.6 Å². The molecule has 0 radical (unpaired) electrons. The van der Waals surface area contributed by atoms with Crippen LogP contribution in [-0.4, -0.2) is 40.8 Å². The highest BCUT2D eigenvalue weighted by molar-refractivity contribution is 5.89. The van der Waals surface area contributed by atoms with Crippen LogP contribution in [0.4, 0.5) is 24.7 Å². The van der Waals surface area contributed by atoms with Gasteiger partial charge in [0.2, 0.25) is 0 Å². The van der Waals surface area contributed by atoms with E-state index in [1.54, 1.807) is 7.11 Å². The van der Waals surface area contributed by atoms with Gasteiger partial charge in [0, 0.05) is 43.3 Å². The molecule has 7 nitrogen and oxygen atoms in total. The van der Waals surface area contributed by atoms with Gasteiger partial charge in [0.05, 0.1) is 23.4 Å². The number of fused-ring (bicyclic) bond motifs is 1. The van der Waals surface area contributed by atoms with E-state index < -0.39 is 11.7 Å². The molecule has 1 N–H and O–H groups in total. The van der Waals surface area contributed by atoms with Gasteiger partial charge < -0.3 is 14.8 Å². The van der Waals surface area contributed by atoms with E-state index >= 15 is 0 Å². The van der Waals surface area contributed by atoms with Crippen molar-refractivity contribution in [1.29, 1.82) is 0 Å². The van der Waals surface area contributed by atoms with Gasteiger partial charge in [0.15, 0.2) is 11.6 Å². The monoisotopic (exact) mass is 497 g/mol. The highest BCUT2D eigenvalue weighted by Crippen LogP contribution is 2.36. The summed E-state index contributed by atoms with van der Waals surface area (Å²) in [5.74, 6) is 0.779. The van der Waals surface area contributed by atoms with Crippen LogP contribution >= 0.6 is 0 Å². The number of ether oxygens (including phenoxy) is 2. The average molecular weight is 498 g/mol. The first-order chi connectivity index (χ1) is 17.1. The normalized spacial score (nSPS) is 12.2. The zero-order chi connectivity index (χ0) is 25.9. The molecule has 0 aliphatic carbocycles. The van der Waals surface area contributed by atoms with Crippen LogP contribution in [0.3, 0.4) is 0 Å². The smallest absolute Gasteiger partial charge is 0.384 e. The molecule has 0 atom stereocenters. The van der Waals surface area contributed by atoms with Crippen molar-refractivity contribution in [2.75, 3.05) is 26.1 Å². The number of hydrogen-bond donors (Lipinski definition) is 1. The van der Waals surface area contributed by atoms with E-state index in [1.807, 2.05) is 24.3 Å². The maximum atomic E-state index is 13.5. The lowest BCUT2D eigenvalue weighted by molar-refractivity contribution is -0.137. The average Bonchev–Trinajstić information content (AvgIpc) is 2.84. The summed E-state index contributed by atoms with van der Waals surface area (Å²) in [6.45, 7) is 4.90. The molecular weight excluding hydrogens is 471 g/mol. The molecule has 0 saturated carbocycles. The summed E-state index contributed by atoms with van der Waals surface area (Å²) in [7, 11) is 3.19. The fourth-order valence-corrected chi connectivity index (χ4v) is 3.93. The Hall–Kier alpha value is -3.63. The molecular formula is C26H26F3N5O2. The standard InChI is InChI=1S/C26H26F3N5O2/c1-25(2,15-36-4)17-7-9-18(10-8-17)32-24-23-20(33-21(34-24)14-35-3)12-16(13-31-23)22-19(26(27,28)29)6-5-11-30-22/h5-13H,14-15H2,1-4H3,(H,32,33,34). The van der Waals surface area contributed by atoms with Gasteiger partial charge in [-0.2, -0.15) is 13.2 Å². The lowest BCUT2D eigenvalue weighted by Crippen LogP contribution is -2.23. The number of hydrogen-bond acceptors (Lipinski definition) is 7. The molecule has 0 spiro atoms. The number of benzene rings is 1. The summed E-state index contributed by atoms with van der Waals surface area (Å²) in [6.07, 6.45) is -1.89. The summed E-state index contributed by atoms with van der Waals surface area (Å²) in [6, 6.07) is 11.6. The topological polar surface area (TPSA) is 82.0 Å².